The molecule has 0 N–H and O–H groups in total. The van der Waals surface area contributed by atoms with E-state index in [0.717, 1.165) is 0 Å². The summed E-state index contributed by atoms with van der Waals surface area (Å²) in [6.45, 7) is 6.26. The standard InChI is InChI=1S/C9H17F3/c1-5-7(4)9(12,6(2)3)8(10)11/h6-8H,5H2,1-4H3. The van der Waals surface area contributed by atoms with Crippen LogP contribution in [0.3, 0.4) is 0 Å². The summed E-state index contributed by atoms with van der Waals surface area (Å²) in [7, 11) is 0. The molecule has 0 heterocycles. The van der Waals surface area contributed by atoms with E-state index in [0.29, 0.717) is 6.42 Å². The minimum absolute atomic E-state index is 0.443. The number of hydrogen-bond acceptors (Lipinski definition) is 0. The summed E-state index contributed by atoms with van der Waals surface area (Å²) in [6.07, 6.45) is -2.44. The Balaban J connectivity index is 4.61. The zero-order valence-electron chi connectivity index (χ0n) is 8.07. The van der Waals surface area contributed by atoms with E-state index in [4.69, 9.17) is 0 Å². The van der Waals surface area contributed by atoms with Gasteiger partial charge in [0.2, 0.25) is 0 Å². The van der Waals surface area contributed by atoms with Crippen LogP contribution in [0.15, 0.2) is 0 Å². The molecule has 74 valence electrons. The number of alkyl halides is 3. The molecule has 0 aliphatic rings. The van der Waals surface area contributed by atoms with Crippen LogP contribution in [0, 0.1) is 11.8 Å². The maximum absolute atomic E-state index is 13.7. The summed E-state index contributed by atoms with van der Waals surface area (Å²) in [5, 5.41) is 0. The van der Waals surface area contributed by atoms with Crippen LogP contribution in [-0.2, 0) is 0 Å². The fourth-order valence-electron chi connectivity index (χ4n) is 1.35. The Morgan fingerprint density at radius 1 is 1.17 bits per heavy atom. The molecule has 2 atom stereocenters. The largest absolute Gasteiger partial charge is 0.272 e. The zero-order chi connectivity index (χ0) is 9.94. The minimum Gasteiger partial charge on any atom is -0.237 e. The van der Waals surface area contributed by atoms with E-state index < -0.39 is 23.9 Å². The molecule has 0 amide bonds. The van der Waals surface area contributed by atoms with Gasteiger partial charge in [-0.25, -0.2) is 13.2 Å². The lowest BCUT2D eigenvalue weighted by molar-refractivity contribution is -0.0996. The van der Waals surface area contributed by atoms with E-state index in [1.807, 2.05) is 0 Å². The second-order valence-electron chi connectivity index (χ2n) is 3.59. The molecule has 0 radical (unpaired) electrons. The van der Waals surface area contributed by atoms with E-state index in [1.54, 1.807) is 6.92 Å². The molecule has 0 nitrogen and oxygen atoms in total. The molecule has 3 heteroatoms. The first kappa shape index (κ1) is 11.8. The predicted molar refractivity (Wildman–Crippen MR) is 44.1 cm³/mol. The average Bonchev–Trinajstić information content (AvgIpc) is 2.00. The Bertz CT molecular complexity index is 124. The van der Waals surface area contributed by atoms with E-state index in [2.05, 4.69) is 0 Å². The third kappa shape index (κ3) is 1.93. The van der Waals surface area contributed by atoms with Crippen molar-refractivity contribution in [2.45, 2.75) is 46.2 Å². The van der Waals surface area contributed by atoms with Gasteiger partial charge in [0.25, 0.3) is 6.43 Å². The third-order valence-electron chi connectivity index (χ3n) is 2.59. The van der Waals surface area contributed by atoms with Gasteiger partial charge in [0.1, 0.15) is 0 Å². The van der Waals surface area contributed by atoms with Crippen LogP contribution in [0.1, 0.15) is 34.1 Å². The Hall–Kier alpha value is -0.210. The Morgan fingerprint density at radius 2 is 1.58 bits per heavy atom. The van der Waals surface area contributed by atoms with Crippen LogP contribution in [0.25, 0.3) is 0 Å². The molecule has 0 fully saturated rings. The average molecular weight is 182 g/mol. The van der Waals surface area contributed by atoms with Gasteiger partial charge < -0.3 is 0 Å². The maximum atomic E-state index is 13.7. The molecule has 0 aromatic rings. The van der Waals surface area contributed by atoms with E-state index in [-0.39, 0.29) is 0 Å². The number of hydrogen-bond donors (Lipinski definition) is 0. The van der Waals surface area contributed by atoms with Crippen molar-refractivity contribution >= 4 is 0 Å². The molecular formula is C9H17F3. The van der Waals surface area contributed by atoms with Crippen LogP contribution in [-0.4, -0.2) is 12.1 Å². The second kappa shape index (κ2) is 4.15. The molecule has 2 unspecified atom stereocenters. The lowest BCUT2D eigenvalue weighted by Gasteiger charge is -2.33. The van der Waals surface area contributed by atoms with Crippen molar-refractivity contribution < 1.29 is 13.2 Å². The lowest BCUT2D eigenvalue weighted by Crippen LogP contribution is -2.44. The smallest absolute Gasteiger partial charge is 0.237 e. The quantitative estimate of drug-likeness (QED) is 0.622. The van der Waals surface area contributed by atoms with Gasteiger partial charge in [-0.1, -0.05) is 34.1 Å². The SMILES string of the molecule is CCC(C)C(F)(C(C)C)C(F)F. The van der Waals surface area contributed by atoms with Crippen LogP contribution >= 0.6 is 0 Å². The summed E-state index contributed by atoms with van der Waals surface area (Å²) < 4.78 is 38.5. The van der Waals surface area contributed by atoms with Gasteiger partial charge >= 0.3 is 0 Å². The summed E-state index contributed by atoms with van der Waals surface area (Å²) >= 11 is 0. The second-order valence-corrected chi connectivity index (χ2v) is 3.59. The fraction of sp³-hybridized carbons (Fsp3) is 1.00. The Labute approximate surface area is 72.2 Å². The Kier molecular flexibility index (Phi) is 4.08. The molecule has 0 aromatic carbocycles. The van der Waals surface area contributed by atoms with Crippen molar-refractivity contribution in [2.75, 3.05) is 0 Å². The summed E-state index contributed by atoms with van der Waals surface area (Å²) in [5.74, 6) is -1.22. The summed E-state index contributed by atoms with van der Waals surface area (Å²) in [4.78, 5) is 0. The van der Waals surface area contributed by atoms with Crippen molar-refractivity contribution in [3.05, 3.63) is 0 Å². The predicted octanol–water partition coefficient (Wildman–Crippen LogP) is 3.66. The topological polar surface area (TPSA) is 0 Å². The van der Waals surface area contributed by atoms with Crippen molar-refractivity contribution in [3.8, 4) is 0 Å². The molecule has 0 spiro atoms. The van der Waals surface area contributed by atoms with Crippen LogP contribution in [0.4, 0.5) is 13.2 Å². The van der Waals surface area contributed by atoms with Crippen LogP contribution in [0.5, 0.6) is 0 Å². The van der Waals surface area contributed by atoms with Crippen molar-refractivity contribution in [3.63, 3.8) is 0 Å². The normalized spacial score (nSPS) is 19.8. The van der Waals surface area contributed by atoms with Gasteiger partial charge in [-0.2, -0.15) is 0 Å². The third-order valence-corrected chi connectivity index (χ3v) is 2.59. The maximum Gasteiger partial charge on any atom is 0.272 e. The van der Waals surface area contributed by atoms with E-state index >= 15 is 0 Å². The lowest BCUT2D eigenvalue weighted by atomic mass is 9.80. The molecule has 0 aromatic heterocycles. The van der Waals surface area contributed by atoms with Gasteiger partial charge in [0.05, 0.1) is 0 Å². The monoisotopic (exact) mass is 182 g/mol. The molecule has 12 heavy (non-hydrogen) atoms. The fourth-order valence-corrected chi connectivity index (χ4v) is 1.35. The summed E-state index contributed by atoms with van der Waals surface area (Å²) in [5.41, 5.74) is -2.32. The molecule has 0 rings (SSSR count). The first-order valence-corrected chi connectivity index (χ1v) is 4.34. The molecular weight excluding hydrogens is 165 g/mol. The summed E-state index contributed by atoms with van der Waals surface area (Å²) in [6, 6.07) is 0. The van der Waals surface area contributed by atoms with Crippen molar-refractivity contribution in [1.82, 2.24) is 0 Å². The van der Waals surface area contributed by atoms with Crippen LogP contribution < -0.4 is 0 Å². The first-order chi connectivity index (χ1) is 5.37. The zero-order valence-corrected chi connectivity index (χ0v) is 8.07. The number of halogens is 3. The van der Waals surface area contributed by atoms with Crippen LogP contribution in [0.2, 0.25) is 0 Å². The highest BCUT2D eigenvalue weighted by atomic mass is 19.3. The highest BCUT2D eigenvalue weighted by molar-refractivity contribution is 4.89. The molecule has 0 aliphatic carbocycles. The highest BCUT2D eigenvalue weighted by Crippen LogP contribution is 2.38. The van der Waals surface area contributed by atoms with E-state index in [9.17, 15) is 13.2 Å². The molecule has 0 saturated carbocycles. The van der Waals surface area contributed by atoms with Gasteiger partial charge in [0, 0.05) is 0 Å². The molecule has 0 aliphatic heterocycles. The van der Waals surface area contributed by atoms with Gasteiger partial charge in [-0.05, 0) is 11.8 Å². The molecule has 0 saturated heterocycles. The number of rotatable bonds is 4. The minimum atomic E-state index is -2.88. The van der Waals surface area contributed by atoms with Gasteiger partial charge in [-0.3, -0.25) is 0 Å². The van der Waals surface area contributed by atoms with E-state index in [1.165, 1.54) is 20.8 Å². The molecule has 0 bridgehead atoms. The Morgan fingerprint density at radius 3 is 1.67 bits per heavy atom. The van der Waals surface area contributed by atoms with Crippen molar-refractivity contribution in [1.29, 1.82) is 0 Å². The van der Waals surface area contributed by atoms with Gasteiger partial charge in [0.15, 0.2) is 5.67 Å². The first-order valence-electron chi connectivity index (χ1n) is 4.34. The highest BCUT2D eigenvalue weighted by Gasteiger charge is 2.47. The van der Waals surface area contributed by atoms with Gasteiger partial charge in [-0.15, -0.1) is 0 Å². The van der Waals surface area contributed by atoms with Crippen molar-refractivity contribution in [2.24, 2.45) is 11.8 Å².